The van der Waals surface area contributed by atoms with Crippen LogP contribution in [0.2, 0.25) is 5.15 Å². The van der Waals surface area contributed by atoms with Crippen molar-refractivity contribution >= 4 is 38.9 Å². The Balaban J connectivity index is 2.48. The summed E-state index contributed by atoms with van der Waals surface area (Å²) in [6.07, 6.45) is 1.89. The lowest BCUT2D eigenvalue weighted by Crippen LogP contribution is -1.98. The summed E-state index contributed by atoms with van der Waals surface area (Å²) in [7, 11) is 0. The second-order valence-electron chi connectivity index (χ2n) is 3.22. The number of thiazole rings is 1. The van der Waals surface area contributed by atoms with E-state index in [4.69, 9.17) is 11.6 Å². The van der Waals surface area contributed by atoms with E-state index in [2.05, 4.69) is 37.8 Å². The van der Waals surface area contributed by atoms with Crippen LogP contribution in [0.3, 0.4) is 0 Å². The maximum atomic E-state index is 6.05. The molecule has 0 aromatic carbocycles. The Morgan fingerprint density at radius 2 is 2.25 bits per heavy atom. The number of hydrogen-bond donors (Lipinski definition) is 0. The third-order valence-electron chi connectivity index (χ3n) is 2.03. The van der Waals surface area contributed by atoms with Gasteiger partial charge >= 0.3 is 0 Å². The predicted octanol–water partition coefficient (Wildman–Crippen LogP) is 3.97. The van der Waals surface area contributed by atoms with Gasteiger partial charge < -0.3 is 0 Å². The third kappa shape index (κ3) is 2.42. The molecule has 0 spiro atoms. The van der Waals surface area contributed by atoms with Crippen molar-refractivity contribution in [1.82, 2.24) is 15.0 Å². The summed E-state index contributed by atoms with van der Waals surface area (Å²) >= 11 is 11.0. The number of nitrogens with zero attached hydrogens (tertiary/aromatic N) is 3. The molecular weight excluding hydrogens is 310 g/mol. The first-order valence-electron chi connectivity index (χ1n) is 4.82. The smallest absolute Gasteiger partial charge is 0.180 e. The standard InChI is InChI=1S/C10H9BrClN3S/c1-2-3-6-8(11)9(12)15-10(14-6)7-4-16-5-13-7/h4-5H,2-3H2,1H3. The van der Waals surface area contributed by atoms with Crippen LogP contribution >= 0.6 is 38.9 Å². The fourth-order valence-corrected chi connectivity index (χ4v) is 2.40. The zero-order valence-corrected chi connectivity index (χ0v) is 11.7. The molecule has 0 saturated heterocycles. The van der Waals surface area contributed by atoms with Crippen LogP contribution in [-0.4, -0.2) is 15.0 Å². The van der Waals surface area contributed by atoms with Crippen LogP contribution in [-0.2, 0) is 6.42 Å². The van der Waals surface area contributed by atoms with Crippen LogP contribution in [0.4, 0.5) is 0 Å². The van der Waals surface area contributed by atoms with E-state index in [1.54, 1.807) is 5.51 Å². The minimum absolute atomic E-state index is 0.446. The Hall–Kier alpha value is -0.520. The second-order valence-corrected chi connectivity index (χ2v) is 5.09. The Bertz CT molecular complexity index is 487. The van der Waals surface area contributed by atoms with Crippen LogP contribution in [0.1, 0.15) is 19.0 Å². The van der Waals surface area contributed by atoms with Crippen molar-refractivity contribution in [2.75, 3.05) is 0 Å². The SMILES string of the molecule is CCCc1nc(-c2cscn2)nc(Cl)c1Br. The average Bonchev–Trinajstić information content (AvgIpc) is 2.78. The minimum Gasteiger partial charge on any atom is -0.241 e. The lowest BCUT2D eigenvalue weighted by Gasteiger charge is -2.05. The third-order valence-corrected chi connectivity index (χ3v) is 3.95. The van der Waals surface area contributed by atoms with E-state index in [-0.39, 0.29) is 0 Å². The molecule has 2 heterocycles. The molecule has 0 saturated carbocycles. The molecule has 0 aliphatic rings. The first-order chi connectivity index (χ1) is 7.72. The number of hydrogen-bond acceptors (Lipinski definition) is 4. The van der Waals surface area contributed by atoms with Gasteiger partial charge in [-0.1, -0.05) is 24.9 Å². The summed E-state index contributed by atoms with van der Waals surface area (Å²) in [6, 6.07) is 0. The van der Waals surface area contributed by atoms with Gasteiger partial charge in [0.25, 0.3) is 0 Å². The first kappa shape index (κ1) is 12.0. The van der Waals surface area contributed by atoms with Gasteiger partial charge in [0.1, 0.15) is 10.8 Å². The molecule has 6 heteroatoms. The highest BCUT2D eigenvalue weighted by molar-refractivity contribution is 9.10. The molecule has 2 rings (SSSR count). The lowest BCUT2D eigenvalue weighted by atomic mass is 10.2. The van der Waals surface area contributed by atoms with Crippen LogP contribution in [0, 0.1) is 0 Å². The molecule has 0 bridgehead atoms. The zero-order valence-electron chi connectivity index (χ0n) is 8.57. The van der Waals surface area contributed by atoms with Crippen molar-refractivity contribution < 1.29 is 0 Å². The number of aromatic nitrogens is 3. The fraction of sp³-hybridized carbons (Fsp3) is 0.300. The summed E-state index contributed by atoms with van der Waals surface area (Å²) < 4.78 is 0.787. The monoisotopic (exact) mass is 317 g/mol. The Labute approximate surface area is 111 Å². The van der Waals surface area contributed by atoms with E-state index in [9.17, 15) is 0 Å². The molecule has 0 aliphatic heterocycles. The molecule has 0 N–H and O–H groups in total. The highest BCUT2D eigenvalue weighted by Crippen LogP contribution is 2.27. The van der Waals surface area contributed by atoms with Gasteiger partial charge in [0.05, 0.1) is 15.7 Å². The molecule has 2 aromatic rings. The maximum absolute atomic E-state index is 6.05. The summed E-state index contributed by atoms with van der Waals surface area (Å²) in [5.74, 6) is 0.595. The summed E-state index contributed by atoms with van der Waals surface area (Å²) in [5, 5.41) is 2.36. The minimum atomic E-state index is 0.446. The molecule has 0 aliphatic carbocycles. The van der Waals surface area contributed by atoms with E-state index >= 15 is 0 Å². The highest BCUT2D eigenvalue weighted by Gasteiger charge is 2.12. The Kier molecular flexibility index (Phi) is 3.89. The normalized spacial score (nSPS) is 10.7. The molecule has 0 atom stereocenters. The molecule has 0 amide bonds. The van der Waals surface area contributed by atoms with Crippen molar-refractivity contribution in [3.8, 4) is 11.5 Å². The number of aryl methyl sites for hydroxylation is 1. The van der Waals surface area contributed by atoms with E-state index < -0.39 is 0 Å². The summed E-state index contributed by atoms with van der Waals surface area (Å²) in [6.45, 7) is 2.10. The van der Waals surface area contributed by atoms with Gasteiger partial charge in [-0.25, -0.2) is 15.0 Å². The maximum Gasteiger partial charge on any atom is 0.180 e. The molecule has 84 valence electrons. The Morgan fingerprint density at radius 1 is 1.44 bits per heavy atom. The van der Waals surface area contributed by atoms with Crippen molar-refractivity contribution in [2.45, 2.75) is 19.8 Å². The number of halogens is 2. The van der Waals surface area contributed by atoms with Gasteiger partial charge in [0, 0.05) is 5.38 Å². The molecular formula is C10H9BrClN3S. The molecule has 3 nitrogen and oxygen atoms in total. The number of rotatable bonds is 3. The molecule has 0 fully saturated rings. The van der Waals surface area contributed by atoms with Crippen molar-refractivity contribution in [2.24, 2.45) is 0 Å². The lowest BCUT2D eigenvalue weighted by molar-refractivity contribution is 0.867. The van der Waals surface area contributed by atoms with Crippen molar-refractivity contribution in [3.05, 3.63) is 26.2 Å². The molecule has 16 heavy (non-hydrogen) atoms. The van der Waals surface area contributed by atoms with Crippen molar-refractivity contribution in [1.29, 1.82) is 0 Å². The van der Waals surface area contributed by atoms with Crippen molar-refractivity contribution in [3.63, 3.8) is 0 Å². The van der Waals surface area contributed by atoms with Gasteiger partial charge in [-0.05, 0) is 22.4 Å². The van der Waals surface area contributed by atoms with E-state index in [0.29, 0.717) is 11.0 Å². The highest BCUT2D eigenvalue weighted by atomic mass is 79.9. The zero-order chi connectivity index (χ0) is 11.5. The van der Waals surface area contributed by atoms with Gasteiger partial charge in [-0.15, -0.1) is 11.3 Å². The van der Waals surface area contributed by atoms with Crippen LogP contribution in [0.25, 0.3) is 11.5 Å². The molecule has 0 radical (unpaired) electrons. The topological polar surface area (TPSA) is 38.7 Å². The van der Waals surface area contributed by atoms with Crippen LogP contribution < -0.4 is 0 Å². The van der Waals surface area contributed by atoms with E-state index in [0.717, 1.165) is 28.7 Å². The molecule has 2 aromatic heterocycles. The predicted molar refractivity (Wildman–Crippen MR) is 69.8 cm³/mol. The van der Waals surface area contributed by atoms with Crippen LogP contribution in [0.15, 0.2) is 15.4 Å². The average molecular weight is 319 g/mol. The van der Waals surface area contributed by atoms with Gasteiger partial charge in [-0.2, -0.15) is 0 Å². The van der Waals surface area contributed by atoms with E-state index in [1.165, 1.54) is 11.3 Å². The Morgan fingerprint density at radius 3 is 2.88 bits per heavy atom. The van der Waals surface area contributed by atoms with Gasteiger partial charge in [0.2, 0.25) is 0 Å². The largest absolute Gasteiger partial charge is 0.241 e. The molecule has 0 unspecified atom stereocenters. The van der Waals surface area contributed by atoms with Gasteiger partial charge in [-0.3, -0.25) is 0 Å². The van der Waals surface area contributed by atoms with E-state index in [1.807, 2.05) is 5.38 Å². The quantitative estimate of drug-likeness (QED) is 0.804. The second kappa shape index (κ2) is 5.21. The van der Waals surface area contributed by atoms with Crippen LogP contribution in [0.5, 0.6) is 0 Å². The summed E-state index contributed by atoms with van der Waals surface area (Å²) in [5.41, 5.74) is 3.47. The first-order valence-corrected chi connectivity index (χ1v) is 6.94. The fourth-order valence-electron chi connectivity index (χ4n) is 1.30. The van der Waals surface area contributed by atoms with Gasteiger partial charge in [0.15, 0.2) is 5.82 Å². The summed E-state index contributed by atoms with van der Waals surface area (Å²) in [4.78, 5) is 12.9.